The molecule has 5 heteroatoms. The Morgan fingerprint density at radius 1 is 1.40 bits per heavy atom. The quantitative estimate of drug-likeness (QED) is 0.789. The summed E-state index contributed by atoms with van der Waals surface area (Å²) in [7, 11) is 5.09. The van der Waals surface area contributed by atoms with Crippen LogP contribution in [-0.2, 0) is 11.3 Å². The molecule has 0 radical (unpaired) electrons. The third kappa shape index (κ3) is 4.25. The fourth-order valence-corrected chi connectivity index (χ4v) is 1.82. The van der Waals surface area contributed by atoms with Crippen LogP contribution in [0.3, 0.4) is 0 Å². The minimum Gasteiger partial charge on any atom is -0.496 e. The van der Waals surface area contributed by atoms with Crippen LogP contribution in [0.1, 0.15) is 18.1 Å². The summed E-state index contributed by atoms with van der Waals surface area (Å²) in [4.78, 5) is 15.4. The molecule has 0 aliphatic carbocycles. The number of amides is 1. The highest BCUT2D eigenvalue weighted by Gasteiger charge is 2.14. The second-order valence-corrected chi connectivity index (χ2v) is 4.73. The first-order chi connectivity index (χ1) is 9.51. The Labute approximate surface area is 120 Å². The molecule has 5 nitrogen and oxygen atoms in total. The van der Waals surface area contributed by atoms with E-state index in [0.29, 0.717) is 18.7 Å². The zero-order valence-electron chi connectivity index (χ0n) is 12.5. The van der Waals surface area contributed by atoms with E-state index in [4.69, 9.17) is 10.00 Å². The van der Waals surface area contributed by atoms with Gasteiger partial charge in [0.25, 0.3) is 0 Å². The number of likely N-dealkylation sites (N-methyl/N-ethyl adjacent to an activating group) is 2. The predicted molar refractivity (Wildman–Crippen MR) is 77.4 cm³/mol. The zero-order chi connectivity index (χ0) is 15.1. The lowest BCUT2D eigenvalue weighted by molar-refractivity contribution is -0.130. The average Bonchev–Trinajstić information content (AvgIpc) is 2.45. The normalized spacial score (nSPS) is 10.2. The summed E-state index contributed by atoms with van der Waals surface area (Å²) in [6, 6.07) is 7.44. The zero-order valence-corrected chi connectivity index (χ0v) is 12.5. The largest absolute Gasteiger partial charge is 0.496 e. The Balaban J connectivity index is 2.89. The van der Waals surface area contributed by atoms with E-state index in [0.717, 1.165) is 17.9 Å². The highest BCUT2D eigenvalue weighted by molar-refractivity contribution is 5.77. The van der Waals surface area contributed by atoms with E-state index in [9.17, 15) is 4.79 Å². The summed E-state index contributed by atoms with van der Waals surface area (Å²) in [6.45, 7) is 3.68. The number of ether oxygens (including phenoxy) is 1. The van der Waals surface area contributed by atoms with Gasteiger partial charge in [0.2, 0.25) is 5.91 Å². The minimum atomic E-state index is 0.0576. The molecule has 1 aromatic rings. The first-order valence-electron chi connectivity index (χ1n) is 6.51. The number of carbonyl (C=O) groups excluding carboxylic acids is 1. The highest BCUT2D eigenvalue weighted by Crippen LogP contribution is 2.21. The summed E-state index contributed by atoms with van der Waals surface area (Å²) in [5.74, 6) is 0.794. The number of hydrogen-bond acceptors (Lipinski definition) is 4. The molecule has 20 heavy (non-hydrogen) atoms. The van der Waals surface area contributed by atoms with Crippen LogP contribution in [0.15, 0.2) is 18.2 Å². The molecule has 1 rings (SSSR count). The number of rotatable bonds is 6. The molecule has 0 aliphatic heterocycles. The van der Waals surface area contributed by atoms with E-state index in [1.54, 1.807) is 38.2 Å². The van der Waals surface area contributed by atoms with Crippen molar-refractivity contribution in [3.05, 3.63) is 29.3 Å². The number of nitriles is 1. The number of carbonyl (C=O) groups is 1. The standard InChI is InChI=1S/C15H21N3O2/c1-5-18(11-15(19)17(2)3)10-13-8-12(9-16)6-7-14(13)20-4/h6-8H,5,10-11H2,1-4H3. The molecule has 0 fully saturated rings. The van der Waals surface area contributed by atoms with Crippen molar-refractivity contribution < 1.29 is 9.53 Å². The van der Waals surface area contributed by atoms with Crippen LogP contribution in [0, 0.1) is 11.3 Å². The van der Waals surface area contributed by atoms with Gasteiger partial charge in [0.15, 0.2) is 0 Å². The first-order valence-corrected chi connectivity index (χ1v) is 6.51. The molecular weight excluding hydrogens is 254 g/mol. The summed E-state index contributed by atoms with van der Waals surface area (Å²) in [5, 5.41) is 8.97. The van der Waals surface area contributed by atoms with E-state index in [2.05, 4.69) is 6.07 Å². The Kier molecular flexibility index (Phi) is 6.01. The van der Waals surface area contributed by atoms with Gasteiger partial charge >= 0.3 is 0 Å². The van der Waals surface area contributed by atoms with Crippen molar-refractivity contribution in [2.75, 3.05) is 34.3 Å². The van der Waals surface area contributed by atoms with Crippen LogP contribution in [0.4, 0.5) is 0 Å². The third-order valence-electron chi connectivity index (χ3n) is 3.11. The van der Waals surface area contributed by atoms with Crippen molar-refractivity contribution in [1.29, 1.82) is 5.26 Å². The predicted octanol–water partition coefficient (Wildman–Crippen LogP) is 1.48. The Hall–Kier alpha value is -2.06. The Morgan fingerprint density at radius 3 is 2.60 bits per heavy atom. The lowest BCUT2D eigenvalue weighted by Crippen LogP contribution is -2.36. The fourth-order valence-electron chi connectivity index (χ4n) is 1.82. The van der Waals surface area contributed by atoms with Crippen LogP contribution in [-0.4, -0.2) is 50.0 Å². The third-order valence-corrected chi connectivity index (χ3v) is 3.11. The van der Waals surface area contributed by atoms with Gasteiger partial charge in [-0.15, -0.1) is 0 Å². The fraction of sp³-hybridized carbons (Fsp3) is 0.467. The van der Waals surface area contributed by atoms with Crippen LogP contribution < -0.4 is 4.74 Å². The molecule has 1 aromatic carbocycles. The lowest BCUT2D eigenvalue weighted by atomic mass is 10.1. The average molecular weight is 275 g/mol. The minimum absolute atomic E-state index is 0.0576. The second-order valence-electron chi connectivity index (χ2n) is 4.73. The topological polar surface area (TPSA) is 56.6 Å². The van der Waals surface area contributed by atoms with Gasteiger partial charge in [0, 0.05) is 26.2 Å². The molecule has 0 atom stereocenters. The Bertz CT molecular complexity index is 506. The van der Waals surface area contributed by atoms with Gasteiger partial charge in [-0.05, 0) is 24.7 Å². The van der Waals surface area contributed by atoms with Gasteiger partial charge < -0.3 is 9.64 Å². The van der Waals surface area contributed by atoms with E-state index in [1.807, 2.05) is 17.9 Å². The summed E-state index contributed by atoms with van der Waals surface area (Å²) >= 11 is 0. The van der Waals surface area contributed by atoms with Gasteiger partial charge in [-0.1, -0.05) is 6.92 Å². The van der Waals surface area contributed by atoms with Crippen molar-refractivity contribution >= 4 is 5.91 Å². The maximum Gasteiger partial charge on any atom is 0.236 e. The smallest absolute Gasteiger partial charge is 0.236 e. The molecule has 0 bridgehead atoms. The number of methoxy groups -OCH3 is 1. The summed E-state index contributed by atoms with van der Waals surface area (Å²) < 4.78 is 5.31. The van der Waals surface area contributed by atoms with Crippen molar-refractivity contribution in [1.82, 2.24) is 9.80 Å². The number of nitrogens with zero attached hydrogens (tertiary/aromatic N) is 3. The van der Waals surface area contributed by atoms with Crippen LogP contribution in [0.5, 0.6) is 5.75 Å². The number of hydrogen-bond donors (Lipinski definition) is 0. The van der Waals surface area contributed by atoms with E-state index in [1.165, 1.54) is 0 Å². The van der Waals surface area contributed by atoms with Gasteiger partial charge in [-0.2, -0.15) is 5.26 Å². The van der Waals surface area contributed by atoms with Crippen molar-refractivity contribution in [3.8, 4) is 11.8 Å². The van der Waals surface area contributed by atoms with Gasteiger partial charge in [-0.25, -0.2) is 0 Å². The summed E-state index contributed by atoms with van der Waals surface area (Å²) in [6.07, 6.45) is 0. The van der Waals surface area contributed by atoms with Gasteiger partial charge in [-0.3, -0.25) is 9.69 Å². The maximum atomic E-state index is 11.8. The van der Waals surface area contributed by atoms with E-state index in [-0.39, 0.29) is 5.91 Å². The van der Waals surface area contributed by atoms with E-state index >= 15 is 0 Å². The molecule has 0 saturated carbocycles. The summed E-state index contributed by atoms with van der Waals surface area (Å²) in [5.41, 5.74) is 1.51. The molecule has 0 spiro atoms. The second kappa shape index (κ2) is 7.51. The van der Waals surface area contributed by atoms with Crippen LogP contribution >= 0.6 is 0 Å². The van der Waals surface area contributed by atoms with Crippen LogP contribution in [0.2, 0.25) is 0 Å². The van der Waals surface area contributed by atoms with Gasteiger partial charge in [0.05, 0.1) is 25.3 Å². The van der Waals surface area contributed by atoms with E-state index < -0.39 is 0 Å². The van der Waals surface area contributed by atoms with Crippen LogP contribution in [0.25, 0.3) is 0 Å². The molecular formula is C15H21N3O2. The molecule has 0 N–H and O–H groups in total. The molecule has 1 amide bonds. The monoisotopic (exact) mass is 275 g/mol. The molecule has 108 valence electrons. The van der Waals surface area contributed by atoms with Gasteiger partial charge in [0.1, 0.15) is 5.75 Å². The SMILES string of the molecule is CCN(CC(=O)N(C)C)Cc1cc(C#N)ccc1OC. The van der Waals surface area contributed by atoms with Crippen molar-refractivity contribution in [2.45, 2.75) is 13.5 Å². The van der Waals surface area contributed by atoms with Crippen molar-refractivity contribution in [2.24, 2.45) is 0 Å². The number of benzene rings is 1. The maximum absolute atomic E-state index is 11.8. The molecule has 0 aromatic heterocycles. The lowest BCUT2D eigenvalue weighted by Gasteiger charge is -2.23. The van der Waals surface area contributed by atoms with Crippen molar-refractivity contribution in [3.63, 3.8) is 0 Å². The highest BCUT2D eigenvalue weighted by atomic mass is 16.5. The molecule has 0 saturated heterocycles. The molecule has 0 heterocycles. The molecule has 0 aliphatic rings. The Morgan fingerprint density at radius 2 is 2.10 bits per heavy atom. The molecule has 0 unspecified atom stereocenters. The first kappa shape index (κ1) is 16.0.